The van der Waals surface area contributed by atoms with Crippen molar-refractivity contribution in [3.8, 4) is 0 Å². The molecule has 0 saturated carbocycles. The van der Waals surface area contributed by atoms with E-state index in [1.54, 1.807) is 12.4 Å². The number of benzene rings is 1. The number of aliphatic hydroxyl groups excluding tert-OH is 1. The summed E-state index contributed by atoms with van der Waals surface area (Å²) in [7, 11) is 0. The van der Waals surface area contributed by atoms with Crippen molar-refractivity contribution in [2.45, 2.75) is 33.3 Å². The molecule has 0 aliphatic heterocycles. The van der Waals surface area contributed by atoms with E-state index in [0.717, 1.165) is 23.1 Å². The van der Waals surface area contributed by atoms with Crippen LogP contribution in [0.25, 0.3) is 0 Å². The fourth-order valence-corrected chi connectivity index (χ4v) is 2.25. The third-order valence-electron chi connectivity index (χ3n) is 3.31. The number of hydrogen-bond donors (Lipinski definition) is 1. The molecule has 0 amide bonds. The van der Waals surface area contributed by atoms with E-state index in [4.69, 9.17) is 0 Å². The molecule has 2 aromatic rings. The third-order valence-corrected chi connectivity index (χ3v) is 3.31. The maximum Gasteiger partial charge on any atom is 0.106 e. The predicted molar refractivity (Wildman–Crippen MR) is 78.0 cm³/mol. The van der Waals surface area contributed by atoms with Crippen LogP contribution in [0.1, 0.15) is 42.2 Å². The number of aliphatic hydroxyl groups is 1. The fraction of sp³-hybridized carbons (Fsp3) is 0.353. The van der Waals surface area contributed by atoms with Crippen LogP contribution in [0.2, 0.25) is 0 Å². The molecule has 1 heterocycles. The van der Waals surface area contributed by atoms with Crippen molar-refractivity contribution in [3.05, 3.63) is 65.0 Å². The lowest BCUT2D eigenvalue weighted by Crippen LogP contribution is -2.03. The Balaban J connectivity index is 2.20. The highest BCUT2D eigenvalue weighted by Crippen LogP contribution is 2.24. The number of rotatable bonds is 4. The van der Waals surface area contributed by atoms with Gasteiger partial charge in [-0.3, -0.25) is 4.98 Å². The Morgan fingerprint density at radius 3 is 2.37 bits per heavy atom. The summed E-state index contributed by atoms with van der Waals surface area (Å²) < 4.78 is 0. The molecule has 0 aliphatic rings. The molecule has 1 aromatic carbocycles. The first kappa shape index (κ1) is 13.8. The van der Waals surface area contributed by atoms with Gasteiger partial charge in [-0.1, -0.05) is 38.1 Å². The second kappa shape index (κ2) is 5.98. The number of aromatic nitrogens is 1. The number of pyridine rings is 1. The van der Waals surface area contributed by atoms with Crippen LogP contribution in [0.5, 0.6) is 0 Å². The highest BCUT2D eigenvalue weighted by atomic mass is 16.3. The molecule has 0 spiro atoms. The standard InChI is InChI=1S/C17H21NO/c1-12(2)10-14-4-6-15(7-5-14)17(19)16-11-18-9-8-13(16)3/h4-9,11-12,17,19H,10H2,1-3H3. The summed E-state index contributed by atoms with van der Waals surface area (Å²) >= 11 is 0. The van der Waals surface area contributed by atoms with E-state index in [-0.39, 0.29) is 0 Å². The van der Waals surface area contributed by atoms with Gasteiger partial charge in [0.15, 0.2) is 0 Å². The van der Waals surface area contributed by atoms with Crippen LogP contribution in [0.15, 0.2) is 42.7 Å². The molecule has 2 rings (SSSR count). The van der Waals surface area contributed by atoms with Crippen molar-refractivity contribution in [1.82, 2.24) is 4.98 Å². The molecule has 0 radical (unpaired) electrons. The van der Waals surface area contributed by atoms with Gasteiger partial charge in [0.1, 0.15) is 6.10 Å². The Labute approximate surface area is 115 Å². The van der Waals surface area contributed by atoms with E-state index in [9.17, 15) is 5.11 Å². The van der Waals surface area contributed by atoms with Crippen LogP contribution >= 0.6 is 0 Å². The van der Waals surface area contributed by atoms with Gasteiger partial charge in [-0.15, -0.1) is 0 Å². The van der Waals surface area contributed by atoms with Crippen molar-refractivity contribution in [3.63, 3.8) is 0 Å². The zero-order valence-electron chi connectivity index (χ0n) is 11.8. The summed E-state index contributed by atoms with van der Waals surface area (Å²) in [6.07, 6.45) is 3.96. The Bertz CT molecular complexity index is 531. The van der Waals surface area contributed by atoms with Gasteiger partial charge in [-0.25, -0.2) is 0 Å². The summed E-state index contributed by atoms with van der Waals surface area (Å²) in [6.45, 7) is 6.41. The van der Waals surface area contributed by atoms with Crippen LogP contribution in [0.3, 0.4) is 0 Å². The van der Waals surface area contributed by atoms with E-state index >= 15 is 0 Å². The van der Waals surface area contributed by atoms with Gasteiger partial charge in [0.25, 0.3) is 0 Å². The molecule has 0 saturated heterocycles. The molecule has 0 aliphatic carbocycles. The van der Waals surface area contributed by atoms with Crippen molar-refractivity contribution in [2.24, 2.45) is 5.92 Å². The monoisotopic (exact) mass is 255 g/mol. The van der Waals surface area contributed by atoms with Gasteiger partial charge in [0.2, 0.25) is 0 Å². The average molecular weight is 255 g/mol. The lowest BCUT2D eigenvalue weighted by molar-refractivity contribution is 0.219. The normalized spacial score (nSPS) is 12.7. The van der Waals surface area contributed by atoms with Crippen molar-refractivity contribution in [1.29, 1.82) is 0 Å². The van der Waals surface area contributed by atoms with Gasteiger partial charge in [0, 0.05) is 18.0 Å². The molecule has 19 heavy (non-hydrogen) atoms. The minimum Gasteiger partial charge on any atom is -0.384 e. The molecule has 0 fully saturated rings. The highest BCUT2D eigenvalue weighted by molar-refractivity contribution is 5.34. The van der Waals surface area contributed by atoms with Gasteiger partial charge in [0.05, 0.1) is 0 Å². The SMILES string of the molecule is Cc1ccncc1C(O)c1ccc(CC(C)C)cc1. The number of aryl methyl sites for hydroxylation is 1. The van der Waals surface area contributed by atoms with Gasteiger partial charge < -0.3 is 5.11 Å². The van der Waals surface area contributed by atoms with Crippen LogP contribution in [-0.4, -0.2) is 10.1 Å². The maximum absolute atomic E-state index is 10.4. The summed E-state index contributed by atoms with van der Waals surface area (Å²) in [5, 5.41) is 10.4. The smallest absolute Gasteiger partial charge is 0.106 e. The fourth-order valence-electron chi connectivity index (χ4n) is 2.25. The van der Waals surface area contributed by atoms with Gasteiger partial charge in [-0.05, 0) is 42.0 Å². The second-order valence-corrected chi connectivity index (χ2v) is 5.47. The molecular formula is C17H21NO. The number of nitrogens with zero attached hydrogens (tertiary/aromatic N) is 1. The van der Waals surface area contributed by atoms with Gasteiger partial charge in [-0.2, -0.15) is 0 Å². The summed E-state index contributed by atoms with van der Waals surface area (Å²) in [5.74, 6) is 0.649. The van der Waals surface area contributed by atoms with Crippen molar-refractivity contribution >= 4 is 0 Å². The zero-order valence-corrected chi connectivity index (χ0v) is 11.8. The molecule has 1 N–H and O–H groups in total. The van der Waals surface area contributed by atoms with Gasteiger partial charge >= 0.3 is 0 Å². The molecule has 1 atom stereocenters. The van der Waals surface area contributed by atoms with E-state index in [1.165, 1.54) is 5.56 Å². The molecule has 1 unspecified atom stereocenters. The zero-order chi connectivity index (χ0) is 13.8. The van der Waals surface area contributed by atoms with Crippen LogP contribution in [-0.2, 0) is 6.42 Å². The summed E-state index contributed by atoms with van der Waals surface area (Å²) in [5.41, 5.74) is 4.17. The highest BCUT2D eigenvalue weighted by Gasteiger charge is 2.12. The molecule has 0 bridgehead atoms. The van der Waals surface area contributed by atoms with Crippen LogP contribution in [0.4, 0.5) is 0 Å². The lowest BCUT2D eigenvalue weighted by atomic mass is 9.96. The van der Waals surface area contributed by atoms with E-state index in [0.29, 0.717) is 5.92 Å². The van der Waals surface area contributed by atoms with Crippen molar-refractivity contribution in [2.75, 3.05) is 0 Å². The first-order valence-electron chi connectivity index (χ1n) is 6.75. The minimum atomic E-state index is -0.596. The molecule has 2 nitrogen and oxygen atoms in total. The Morgan fingerprint density at radius 1 is 1.11 bits per heavy atom. The van der Waals surface area contributed by atoms with E-state index in [1.807, 2.05) is 25.1 Å². The topological polar surface area (TPSA) is 33.1 Å². The first-order chi connectivity index (χ1) is 9.08. The van der Waals surface area contributed by atoms with E-state index in [2.05, 4.69) is 31.0 Å². The quantitative estimate of drug-likeness (QED) is 0.904. The van der Waals surface area contributed by atoms with Crippen LogP contribution in [0, 0.1) is 12.8 Å². The largest absolute Gasteiger partial charge is 0.384 e. The Morgan fingerprint density at radius 2 is 1.79 bits per heavy atom. The minimum absolute atomic E-state index is 0.596. The maximum atomic E-state index is 10.4. The third kappa shape index (κ3) is 3.42. The molecule has 2 heteroatoms. The lowest BCUT2D eigenvalue weighted by Gasteiger charge is -2.14. The first-order valence-corrected chi connectivity index (χ1v) is 6.75. The second-order valence-electron chi connectivity index (χ2n) is 5.47. The van der Waals surface area contributed by atoms with Crippen LogP contribution < -0.4 is 0 Å². The molecular weight excluding hydrogens is 234 g/mol. The van der Waals surface area contributed by atoms with Crippen molar-refractivity contribution < 1.29 is 5.11 Å². The Hall–Kier alpha value is -1.67. The van der Waals surface area contributed by atoms with E-state index < -0.39 is 6.10 Å². The molecule has 100 valence electrons. The summed E-state index contributed by atoms with van der Waals surface area (Å²) in [4.78, 5) is 4.09. The molecule has 1 aromatic heterocycles. The number of hydrogen-bond acceptors (Lipinski definition) is 2. The Kier molecular flexibility index (Phi) is 4.33. The predicted octanol–water partition coefficient (Wildman–Crippen LogP) is 3.67. The average Bonchev–Trinajstić information content (AvgIpc) is 2.39. The summed E-state index contributed by atoms with van der Waals surface area (Å²) in [6, 6.07) is 10.1.